The Bertz CT molecular complexity index is 563. The highest BCUT2D eigenvalue weighted by Gasteiger charge is 2.29. The van der Waals surface area contributed by atoms with Crippen LogP contribution in [0.4, 0.5) is 0 Å². The predicted octanol–water partition coefficient (Wildman–Crippen LogP) is 4.34. The van der Waals surface area contributed by atoms with Gasteiger partial charge in [0.1, 0.15) is 0 Å². The Kier molecular flexibility index (Phi) is 5.80. The largest absolute Gasteiger partial charge is 0.383 e. The number of fused-ring (bicyclic) bond motifs is 1. The summed E-state index contributed by atoms with van der Waals surface area (Å²) in [5.74, 6) is 0.631. The van der Waals surface area contributed by atoms with Gasteiger partial charge in [-0.05, 0) is 40.1 Å². The van der Waals surface area contributed by atoms with Crippen molar-refractivity contribution >= 4 is 21.4 Å². The van der Waals surface area contributed by atoms with Crippen LogP contribution in [0.3, 0.4) is 0 Å². The molecule has 0 spiro atoms. The van der Waals surface area contributed by atoms with Crippen LogP contribution < -0.4 is 5.32 Å². The lowest BCUT2D eigenvalue weighted by atomic mass is 9.74. The summed E-state index contributed by atoms with van der Waals surface area (Å²) in [6.07, 6.45) is 1.12. The lowest BCUT2D eigenvalue weighted by Gasteiger charge is -2.34. The summed E-state index contributed by atoms with van der Waals surface area (Å²) < 4.78 is 6.51. The number of benzene rings is 1. The Morgan fingerprint density at radius 3 is 2.76 bits per heavy atom. The van der Waals surface area contributed by atoms with Crippen molar-refractivity contribution in [2.24, 2.45) is 11.3 Å². The summed E-state index contributed by atoms with van der Waals surface area (Å²) in [5, 5.41) is 7.30. The average molecular weight is 305 g/mol. The maximum atomic E-state index is 5.12. The highest BCUT2D eigenvalue weighted by molar-refractivity contribution is 7.17. The molecule has 2 aromatic rings. The quantitative estimate of drug-likeness (QED) is 0.732. The fourth-order valence-electron chi connectivity index (χ4n) is 2.62. The number of nitrogens with one attached hydrogen (secondary N) is 1. The zero-order chi connectivity index (χ0) is 15.3. The number of methoxy groups -OCH3 is 1. The molecule has 116 valence electrons. The van der Waals surface area contributed by atoms with Crippen LogP contribution in [0, 0.1) is 11.3 Å². The van der Waals surface area contributed by atoms with Crippen molar-refractivity contribution in [1.82, 2.24) is 5.32 Å². The van der Waals surface area contributed by atoms with Gasteiger partial charge in [-0.1, -0.05) is 39.0 Å². The molecule has 0 aliphatic rings. The van der Waals surface area contributed by atoms with Crippen molar-refractivity contribution in [2.75, 3.05) is 26.8 Å². The molecule has 2 nitrogen and oxygen atoms in total. The number of thiophene rings is 1. The summed E-state index contributed by atoms with van der Waals surface area (Å²) >= 11 is 1.86. The van der Waals surface area contributed by atoms with Crippen LogP contribution in [0.1, 0.15) is 26.3 Å². The minimum atomic E-state index is 0.261. The molecule has 1 heterocycles. The number of rotatable bonds is 8. The summed E-state index contributed by atoms with van der Waals surface area (Å²) in [7, 11) is 1.75. The van der Waals surface area contributed by atoms with Crippen LogP contribution in [0.2, 0.25) is 0 Å². The van der Waals surface area contributed by atoms with Crippen molar-refractivity contribution in [3.8, 4) is 0 Å². The molecule has 0 saturated carbocycles. The standard InChI is InChI=1S/C18H27NOS/c1-14(2)18(3,13-19-9-10-20-4)11-15-12-21-17-8-6-5-7-16(15)17/h5-8,12,14,19H,9-11,13H2,1-4H3. The molecule has 0 radical (unpaired) electrons. The molecule has 1 atom stereocenters. The first kappa shape index (κ1) is 16.5. The molecule has 1 aromatic carbocycles. The third-order valence-corrected chi connectivity index (χ3v) is 5.57. The average Bonchev–Trinajstić information content (AvgIpc) is 2.87. The second-order valence-electron chi connectivity index (χ2n) is 6.41. The molecular formula is C18H27NOS. The Balaban J connectivity index is 2.11. The summed E-state index contributed by atoms with van der Waals surface area (Å²) in [4.78, 5) is 0. The molecule has 0 aliphatic carbocycles. The van der Waals surface area contributed by atoms with E-state index >= 15 is 0 Å². The molecule has 1 unspecified atom stereocenters. The molecular weight excluding hydrogens is 278 g/mol. The summed E-state index contributed by atoms with van der Waals surface area (Å²) in [6, 6.07) is 8.73. The van der Waals surface area contributed by atoms with Gasteiger partial charge in [-0.2, -0.15) is 0 Å². The van der Waals surface area contributed by atoms with Gasteiger partial charge >= 0.3 is 0 Å². The Morgan fingerprint density at radius 2 is 2.05 bits per heavy atom. The molecule has 0 saturated heterocycles. The number of ether oxygens (including phenoxy) is 1. The molecule has 0 aliphatic heterocycles. The highest BCUT2D eigenvalue weighted by Crippen LogP contribution is 2.35. The first-order valence-corrected chi connectivity index (χ1v) is 8.59. The van der Waals surface area contributed by atoms with Crippen LogP contribution in [-0.4, -0.2) is 26.8 Å². The monoisotopic (exact) mass is 305 g/mol. The SMILES string of the molecule is COCCNCC(C)(Cc1csc2ccccc12)C(C)C. The van der Waals surface area contributed by atoms with Gasteiger partial charge in [-0.25, -0.2) is 0 Å². The lowest BCUT2D eigenvalue weighted by molar-refractivity contribution is 0.175. The van der Waals surface area contributed by atoms with E-state index in [2.05, 4.69) is 55.7 Å². The zero-order valence-corrected chi connectivity index (χ0v) is 14.4. The fourth-order valence-corrected chi connectivity index (χ4v) is 3.59. The molecule has 0 fully saturated rings. The van der Waals surface area contributed by atoms with Gasteiger partial charge in [0.05, 0.1) is 6.61 Å². The van der Waals surface area contributed by atoms with Crippen LogP contribution in [-0.2, 0) is 11.2 Å². The van der Waals surface area contributed by atoms with E-state index in [4.69, 9.17) is 4.74 Å². The van der Waals surface area contributed by atoms with Crippen molar-refractivity contribution < 1.29 is 4.74 Å². The maximum Gasteiger partial charge on any atom is 0.0587 e. The van der Waals surface area contributed by atoms with Gasteiger partial charge < -0.3 is 10.1 Å². The van der Waals surface area contributed by atoms with E-state index < -0.39 is 0 Å². The molecule has 3 heteroatoms. The predicted molar refractivity (Wildman–Crippen MR) is 93.2 cm³/mol. The molecule has 21 heavy (non-hydrogen) atoms. The van der Waals surface area contributed by atoms with E-state index in [1.807, 2.05) is 11.3 Å². The summed E-state index contributed by atoms with van der Waals surface area (Å²) in [6.45, 7) is 9.76. The number of hydrogen-bond donors (Lipinski definition) is 1. The van der Waals surface area contributed by atoms with Crippen LogP contribution in [0.5, 0.6) is 0 Å². The van der Waals surface area contributed by atoms with Gasteiger partial charge in [0.25, 0.3) is 0 Å². The molecule has 1 N–H and O–H groups in total. The van der Waals surface area contributed by atoms with Crippen molar-refractivity contribution in [1.29, 1.82) is 0 Å². The normalized spacial score (nSPS) is 14.7. The van der Waals surface area contributed by atoms with E-state index in [9.17, 15) is 0 Å². The highest BCUT2D eigenvalue weighted by atomic mass is 32.1. The van der Waals surface area contributed by atoms with Gasteiger partial charge in [0, 0.05) is 24.9 Å². The molecule has 2 rings (SSSR count). The fraction of sp³-hybridized carbons (Fsp3) is 0.556. The van der Waals surface area contributed by atoms with Gasteiger partial charge in [0.15, 0.2) is 0 Å². The van der Waals surface area contributed by atoms with Gasteiger partial charge in [-0.15, -0.1) is 11.3 Å². The topological polar surface area (TPSA) is 21.3 Å². The zero-order valence-electron chi connectivity index (χ0n) is 13.6. The minimum Gasteiger partial charge on any atom is -0.383 e. The Morgan fingerprint density at radius 1 is 1.29 bits per heavy atom. The van der Waals surface area contributed by atoms with Gasteiger partial charge in [0.2, 0.25) is 0 Å². The first-order valence-electron chi connectivity index (χ1n) is 7.71. The van der Waals surface area contributed by atoms with E-state index in [0.29, 0.717) is 5.92 Å². The van der Waals surface area contributed by atoms with Crippen LogP contribution in [0.25, 0.3) is 10.1 Å². The van der Waals surface area contributed by atoms with E-state index in [1.54, 1.807) is 7.11 Å². The van der Waals surface area contributed by atoms with Crippen LogP contribution >= 0.6 is 11.3 Å². The van der Waals surface area contributed by atoms with E-state index in [1.165, 1.54) is 15.6 Å². The smallest absolute Gasteiger partial charge is 0.0587 e. The molecule has 0 amide bonds. The Hall–Kier alpha value is -0.900. The van der Waals surface area contributed by atoms with Crippen molar-refractivity contribution in [3.63, 3.8) is 0 Å². The van der Waals surface area contributed by atoms with E-state index in [-0.39, 0.29) is 5.41 Å². The Labute approximate surface area is 132 Å². The van der Waals surface area contributed by atoms with Crippen molar-refractivity contribution in [3.05, 3.63) is 35.2 Å². The lowest BCUT2D eigenvalue weighted by Crippen LogP contribution is -2.39. The molecule has 1 aromatic heterocycles. The first-order chi connectivity index (χ1) is 10.1. The van der Waals surface area contributed by atoms with Crippen LogP contribution in [0.15, 0.2) is 29.6 Å². The molecule has 0 bridgehead atoms. The third kappa shape index (κ3) is 4.06. The number of hydrogen-bond acceptors (Lipinski definition) is 3. The third-order valence-electron chi connectivity index (χ3n) is 4.56. The second kappa shape index (κ2) is 7.39. The van der Waals surface area contributed by atoms with Crippen molar-refractivity contribution in [2.45, 2.75) is 27.2 Å². The minimum absolute atomic E-state index is 0.261. The summed E-state index contributed by atoms with van der Waals surface area (Å²) in [5.41, 5.74) is 1.75. The van der Waals surface area contributed by atoms with Gasteiger partial charge in [-0.3, -0.25) is 0 Å². The second-order valence-corrected chi connectivity index (χ2v) is 7.32. The van der Waals surface area contributed by atoms with E-state index in [0.717, 1.165) is 26.1 Å². The maximum absolute atomic E-state index is 5.12.